The third kappa shape index (κ3) is 7.07. The number of cyclic esters (lactones) is 2. The van der Waals surface area contributed by atoms with E-state index in [1.165, 1.54) is 41.0 Å². The second-order valence-electron chi connectivity index (χ2n) is 9.28. The Bertz CT molecular complexity index is 1370. The van der Waals surface area contributed by atoms with Crippen molar-refractivity contribution in [1.82, 2.24) is 10.6 Å². The van der Waals surface area contributed by atoms with E-state index in [0.29, 0.717) is 0 Å². The number of nitrogens with one attached hydrogen (secondary N) is 2. The first-order valence-corrected chi connectivity index (χ1v) is 12.8. The lowest BCUT2D eigenvalue weighted by Gasteiger charge is -2.16. The fourth-order valence-electron chi connectivity index (χ4n) is 4.35. The van der Waals surface area contributed by atoms with Gasteiger partial charge in [-0.3, -0.25) is 24.2 Å². The highest BCUT2D eigenvalue weighted by Crippen LogP contribution is 2.33. The van der Waals surface area contributed by atoms with Crippen LogP contribution in [0.25, 0.3) is 11.1 Å². The smallest absolute Gasteiger partial charge is 0.414 e. The summed E-state index contributed by atoms with van der Waals surface area (Å²) in [5, 5.41) is 5.04. The Balaban J connectivity index is 1.39. The zero-order valence-electron chi connectivity index (χ0n) is 22.3. The van der Waals surface area contributed by atoms with Crippen LogP contribution in [-0.2, 0) is 28.6 Å². The molecular formula is C27H28F2N4O8. The maximum atomic E-state index is 15.1. The summed E-state index contributed by atoms with van der Waals surface area (Å²) in [7, 11) is 0. The minimum atomic E-state index is -0.802. The molecule has 0 aliphatic carbocycles. The van der Waals surface area contributed by atoms with Crippen LogP contribution in [0.4, 0.5) is 29.7 Å². The van der Waals surface area contributed by atoms with E-state index in [0.717, 1.165) is 12.1 Å². The molecule has 0 unspecified atom stereocenters. The van der Waals surface area contributed by atoms with E-state index < -0.39 is 54.3 Å². The molecule has 2 aromatic carbocycles. The maximum Gasteiger partial charge on any atom is 0.414 e. The highest BCUT2D eigenvalue weighted by Gasteiger charge is 2.34. The molecule has 0 radical (unpaired) electrons. The van der Waals surface area contributed by atoms with E-state index in [4.69, 9.17) is 14.2 Å². The summed E-state index contributed by atoms with van der Waals surface area (Å²) in [4.78, 5) is 61.3. The van der Waals surface area contributed by atoms with Gasteiger partial charge >= 0.3 is 18.2 Å². The van der Waals surface area contributed by atoms with Crippen molar-refractivity contribution in [2.24, 2.45) is 0 Å². The standard InChI is InChI=1S/C27H28F2N4O8/c1-3-39-25(36)10-24(35)31-12-19-14-33(27(38)41-19)17-5-7-21(23(29)9-17)20-6-4-16(8-22(20)28)32-13-18(40-26(32)37)11-30-15(2)34/h4-9,18-19H,3,10-14H2,1-2H3,(H,30,34)(H,31,35)/t18-,19-/m0/s1. The van der Waals surface area contributed by atoms with Gasteiger partial charge in [0.25, 0.3) is 0 Å². The number of hydrogen-bond acceptors (Lipinski definition) is 8. The second-order valence-corrected chi connectivity index (χ2v) is 9.28. The molecule has 0 bridgehead atoms. The van der Waals surface area contributed by atoms with Crippen LogP contribution in [0, 0.1) is 11.6 Å². The van der Waals surface area contributed by atoms with Crippen molar-refractivity contribution in [2.45, 2.75) is 32.5 Å². The van der Waals surface area contributed by atoms with Crippen molar-refractivity contribution in [3.05, 3.63) is 48.0 Å². The van der Waals surface area contributed by atoms with Crippen LogP contribution in [0.1, 0.15) is 20.3 Å². The molecule has 0 spiro atoms. The first-order chi connectivity index (χ1) is 19.5. The number of anilines is 2. The summed E-state index contributed by atoms with van der Waals surface area (Å²) in [5.74, 6) is -3.13. The number of carbonyl (C=O) groups excluding carboxylic acids is 5. The second kappa shape index (κ2) is 12.6. The lowest BCUT2D eigenvalue weighted by atomic mass is 10.0. The van der Waals surface area contributed by atoms with Crippen LogP contribution in [0.3, 0.4) is 0 Å². The summed E-state index contributed by atoms with van der Waals surface area (Å²) < 4.78 is 45.3. The van der Waals surface area contributed by atoms with Crippen LogP contribution in [0.2, 0.25) is 0 Å². The van der Waals surface area contributed by atoms with Gasteiger partial charge in [0, 0.05) is 18.1 Å². The molecule has 0 saturated carbocycles. The average Bonchev–Trinajstić information content (AvgIpc) is 3.48. The van der Waals surface area contributed by atoms with Gasteiger partial charge in [-0.2, -0.15) is 0 Å². The molecule has 2 aliphatic heterocycles. The number of esters is 1. The Morgan fingerprint density at radius 1 is 0.878 bits per heavy atom. The Morgan fingerprint density at radius 2 is 1.37 bits per heavy atom. The zero-order chi connectivity index (χ0) is 29.7. The van der Waals surface area contributed by atoms with E-state index in [-0.39, 0.29) is 61.2 Å². The van der Waals surface area contributed by atoms with E-state index in [9.17, 15) is 24.0 Å². The van der Waals surface area contributed by atoms with Crippen LogP contribution in [0.15, 0.2) is 36.4 Å². The summed E-state index contributed by atoms with van der Waals surface area (Å²) >= 11 is 0. The molecule has 2 heterocycles. The van der Waals surface area contributed by atoms with Crippen molar-refractivity contribution in [3.63, 3.8) is 0 Å². The monoisotopic (exact) mass is 574 g/mol. The number of carbonyl (C=O) groups is 5. The molecular weight excluding hydrogens is 546 g/mol. The molecule has 4 rings (SSSR count). The number of nitrogens with zero attached hydrogens (tertiary/aromatic N) is 2. The van der Waals surface area contributed by atoms with E-state index in [2.05, 4.69) is 10.6 Å². The number of ether oxygens (including phenoxy) is 3. The molecule has 2 N–H and O–H groups in total. The first kappa shape index (κ1) is 29.2. The summed E-state index contributed by atoms with van der Waals surface area (Å²) in [6.45, 7) is 3.26. The lowest BCUT2D eigenvalue weighted by molar-refractivity contribution is -0.146. The van der Waals surface area contributed by atoms with Crippen LogP contribution in [0.5, 0.6) is 0 Å². The normalized spacial score (nSPS) is 18.1. The van der Waals surface area contributed by atoms with Gasteiger partial charge in [0.2, 0.25) is 11.8 Å². The molecule has 2 saturated heterocycles. The van der Waals surface area contributed by atoms with Crippen molar-refractivity contribution < 1.29 is 47.0 Å². The van der Waals surface area contributed by atoms with Gasteiger partial charge < -0.3 is 24.8 Å². The molecule has 12 nitrogen and oxygen atoms in total. The zero-order valence-corrected chi connectivity index (χ0v) is 22.3. The Labute approximate surface area is 233 Å². The third-order valence-electron chi connectivity index (χ3n) is 6.28. The Kier molecular flexibility index (Phi) is 9.00. The minimum absolute atomic E-state index is 0.00916. The number of benzene rings is 2. The van der Waals surface area contributed by atoms with Gasteiger partial charge in [-0.05, 0) is 43.3 Å². The largest absolute Gasteiger partial charge is 0.466 e. The van der Waals surface area contributed by atoms with Gasteiger partial charge in [-0.25, -0.2) is 18.4 Å². The van der Waals surface area contributed by atoms with Gasteiger partial charge in [0.15, 0.2) is 0 Å². The molecule has 14 heteroatoms. The van der Waals surface area contributed by atoms with Crippen molar-refractivity contribution in [3.8, 4) is 11.1 Å². The van der Waals surface area contributed by atoms with Gasteiger partial charge in [0.05, 0.1) is 44.2 Å². The van der Waals surface area contributed by atoms with Crippen LogP contribution in [-0.4, -0.2) is 75.0 Å². The van der Waals surface area contributed by atoms with E-state index in [1.54, 1.807) is 6.92 Å². The molecule has 2 atom stereocenters. The number of amides is 4. The molecule has 4 amide bonds. The molecule has 2 fully saturated rings. The highest BCUT2D eigenvalue weighted by molar-refractivity contribution is 5.94. The van der Waals surface area contributed by atoms with Crippen LogP contribution >= 0.6 is 0 Å². The summed E-state index contributed by atoms with van der Waals surface area (Å²) in [6, 6.07) is 7.68. The number of hydrogen-bond donors (Lipinski definition) is 2. The molecule has 218 valence electrons. The summed E-state index contributed by atoms with van der Waals surface area (Å²) in [6.07, 6.45) is -3.26. The SMILES string of the molecule is CCOC(=O)CC(=O)NC[C@H]1CN(c2ccc(-c3ccc(N4C[C@H](CNC(C)=O)OC4=O)cc3F)c(F)c2)C(=O)O1. The Hall–Kier alpha value is -4.75. The predicted octanol–water partition coefficient (Wildman–Crippen LogP) is 2.49. The van der Waals surface area contributed by atoms with Gasteiger partial charge in [0.1, 0.15) is 30.3 Å². The quantitative estimate of drug-likeness (QED) is 0.250. The van der Waals surface area contributed by atoms with Crippen molar-refractivity contribution in [1.29, 1.82) is 0 Å². The molecule has 0 aromatic heterocycles. The summed E-state index contributed by atoms with van der Waals surface area (Å²) in [5.41, 5.74) is 0.240. The fraction of sp³-hybridized carbons (Fsp3) is 0.370. The average molecular weight is 575 g/mol. The molecule has 2 aliphatic rings. The highest BCUT2D eigenvalue weighted by atomic mass is 19.1. The lowest BCUT2D eigenvalue weighted by Crippen LogP contribution is -2.35. The van der Waals surface area contributed by atoms with Crippen molar-refractivity contribution in [2.75, 3.05) is 42.6 Å². The van der Waals surface area contributed by atoms with Crippen LogP contribution < -0.4 is 20.4 Å². The fourth-order valence-corrected chi connectivity index (χ4v) is 4.35. The van der Waals surface area contributed by atoms with Gasteiger partial charge in [-0.1, -0.05) is 0 Å². The van der Waals surface area contributed by atoms with Gasteiger partial charge in [-0.15, -0.1) is 0 Å². The Morgan fingerprint density at radius 3 is 1.80 bits per heavy atom. The number of halogens is 2. The number of rotatable bonds is 10. The third-order valence-corrected chi connectivity index (χ3v) is 6.28. The topological polar surface area (TPSA) is 144 Å². The first-order valence-electron chi connectivity index (χ1n) is 12.8. The molecule has 41 heavy (non-hydrogen) atoms. The maximum absolute atomic E-state index is 15.1. The predicted molar refractivity (Wildman–Crippen MR) is 140 cm³/mol. The van der Waals surface area contributed by atoms with E-state index in [1.807, 2.05) is 0 Å². The van der Waals surface area contributed by atoms with E-state index >= 15 is 8.78 Å². The minimum Gasteiger partial charge on any atom is -0.466 e. The molecule has 2 aromatic rings. The van der Waals surface area contributed by atoms with Crippen molar-refractivity contribution >= 4 is 41.3 Å².